The predicted octanol–water partition coefficient (Wildman–Crippen LogP) is 4.60. The normalized spacial score (nSPS) is 22.3. The van der Waals surface area contributed by atoms with Crippen LogP contribution in [-0.2, 0) is 0 Å². The standard InChI is InChI=1S/C19H18O2/c1-11-2-4-12(5-3-11)15-10-16(20)17-13-6-8-14(9-7-13)18(17)19(15)21/h2-6,8,10,13-14,20-21H,7,9H2,1H3. The Morgan fingerprint density at radius 1 is 0.905 bits per heavy atom. The third kappa shape index (κ3) is 1.79. The van der Waals surface area contributed by atoms with Crippen molar-refractivity contribution >= 4 is 0 Å². The van der Waals surface area contributed by atoms with Crippen LogP contribution in [0.4, 0.5) is 0 Å². The number of aryl methyl sites for hydroxylation is 1. The molecule has 21 heavy (non-hydrogen) atoms. The molecule has 5 rings (SSSR count). The second-order valence-corrected chi connectivity index (χ2v) is 6.16. The molecule has 2 N–H and O–H groups in total. The van der Waals surface area contributed by atoms with Crippen molar-refractivity contribution < 1.29 is 10.2 Å². The van der Waals surface area contributed by atoms with Gasteiger partial charge in [0, 0.05) is 28.5 Å². The zero-order valence-corrected chi connectivity index (χ0v) is 12.0. The number of phenolic OH excluding ortho intramolecular Hbond substituents is 2. The van der Waals surface area contributed by atoms with E-state index in [0.717, 1.165) is 35.1 Å². The molecule has 2 bridgehead atoms. The number of fused-ring (bicyclic) bond motifs is 1. The van der Waals surface area contributed by atoms with E-state index in [1.54, 1.807) is 6.07 Å². The minimum atomic E-state index is 0.237. The van der Waals surface area contributed by atoms with Crippen molar-refractivity contribution in [1.82, 2.24) is 0 Å². The van der Waals surface area contributed by atoms with Gasteiger partial charge in [-0.2, -0.15) is 0 Å². The highest BCUT2D eigenvalue weighted by molar-refractivity contribution is 5.77. The first kappa shape index (κ1) is 12.5. The summed E-state index contributed by atoms with van der Waals surface area (Å²) in [5.74, 6) is 1.15. The third-order valence-corrected chi connectivity index (χ3v) is 4.83. The lowest BCUT2D eigenvalue weighted by molar-refractivity contribution is 0.423. The van der Waals surface area contributed by atoms with Crippen molar-refractivity contribution in [3.05, 3.63) is 59.2 Å². The van der Waals surface area contributed by atoms with Crippen LogP contribution >= 0.6 is 0 Å². The van der Waals surface area contributed by atoms with Crippen LogP contribution in [0, 0.1) is 6.92 Å². The number of benzene rings is 2. The highest BCUT2D eigenvalue weighted by Crippen LogP contribution is 2.54. The highest BCUT2D eigenvalue weighted by Gasteiger charge is 2.34. The Labute approximate surface area is 124 Å². The first-order valence-corrected chi connectivity index (χ1v) is 7.49. The summed E-state index contributed by atoms with van der Waals surface area (Å²) in [4.78, 5) is 0. The van der Waals surface area contributed by atoms with Gasteiger partial charge in [0.2, 0.25) is 0 Å². The van der Waals surface area contributed by atoms with E-state index in [-0.39, 0.29) is 11.8 Å². The summed E-state index contributed by atoms with van der Waals surface area (Å²) in [7, 11) is 0. The van der Waals surface area contributed by atoms with E-state index in [9.17, 15) is 10.2 Å². The van der Waals surface area contributed by atoms with E-state index in [0.29, 0.717) is 11.5 Å². The number of aromatic hydroxyl groups is 2. The number of phenols is 2. The highest BCUT2D eigenvalue weighted by atomic mass is 16.3. The molecule has 2 aromatic rings. The summed E-state index contributed by atoms with van der Waals surface area (Å²) in [6, 6.07) is 9.75. The van der Waals surface area contributed by atoms with E-state index in [1.165, 1.54) is 5.56 Å². The van der Waals surface area contributed by atoms with E-state index < -0.39 is 0 Å². The van der Waals surface area contributed by atoms with Crippen molar-refractivity contribution in [3.8, 4) is 22.6 Å². The van der Waals surface area contributed by atoms with Gasteiger partial charge in [-0.25, -0.2) is 0 Å². The van der Waals surface area contributed by atoms with Gasteiger partial charge in [0.25, 0.3) is 0 Å². The van der Waals surface area contributed by atoms with Gasteiger partial charge in [0.1, 0.15) is 11.5 Å². The average molecular weight is 278 g/mol. The van der Waals surface area contributed by atoms with Crippen molar-refractivity contribution in [2.24, 2.45) is 0 Å². The lowest BCUT2D eigenvalue weighted by atomic mass is 9.70. The number of hydrogen-bond acceptors (Lipinski definition) is 2. The molecule has 0 saturated carbocycles. The molecular weight excluding hydrogens is 260 g/mol. The maximum Gasteiger partial charge on any atom is 0.127 e. The maximum atomic E-state index is 10.8. The molecule has 2 nitrogen and oxygen atoms in total. The summed E-state index contributed by atoms with van der Waals surface area (Å²) in [5.41, 5.74) is 4.72. The second kappa shape index (κ2) is 4.39. The Hall–Kier alpha value is -2.22. The summed E-state index contributed by atoms with van der Waals surface area (Å²) in [6.45, 7) is 2.04. The Morgan fingerprint density at radius 3 is 2.14 bits per heavy atom. The van der Waals surface area contributed by atoms with Gasteiger partial charge >= 0.3 is 0 Å². The van der Waals surface area contributed by atoms with Crippen LogP contribution in [0.2, 0.25) is 0 Å². The largest absolute Gasteiger partial charge is 0.508 e. The van der Waals surface area contributed by atoms with Gasteiger partial charge in [-0.1, -0.05) is 42.0 Å². The Morgan fingerprint density at radius 2 is 1.52 bits per heavy atom. The Bertz CT molecular complexity index is 741. The SMILES string of the molecule is Cc1ccc(-c2cc(O)c3c(c2O)C2C=CC3CC2)cc1. The molecule has 0 spiro atoms. The molecule has 0 saturated heterocycles. The van der Waals surface area contributed by atoms with Crippen LogP contribution in [0.5, 0.6) is 11.5 Å². The van der Waals surface area contributed by atoms with Crippen LogP contribution in [0.1, 0.15) is 41.4 Å². The van der Waals surface area contributed by atoms with Crippen LogP contribution in [0.25, 0.3) is 11.1 Å². The molecule has 2 atom stereocenters. The lowest BCUT2D eigenvalue weighted by Crippen LogP contribution is -2.17. The molecule has 0 aliphatic heterocycles. The first-order valence-electron chi connectivity index (χ1n) is 7.49. The smallest absolute Gasteiger partial charge is 0.127 e. The molecule has 2 aromatic carbocycles. The predicted molar refractivity (Wildman–Crippen MR) is 83.8 cm³/mol. The Kier molecular flexibility index (Phi) is 2.61. The van der Waals surface area contributed by atoms with Crippen LogP contribution < -0.4 is 0 Å². The van der Waals surface area contributed by atoms with Crippen molar-refractivity contribution in [2.45, 2.75) is 31.6 Å². The molecule has 3 aliphatic rings. The topological polar surface area (TPSA) is 40.5 Å². The zero-order valence-electron chi connectivity index (χ0n) is 12.0. The van der Waals surface area contributed by atoms with Gasteiger partial charge in [0.05, 0.1) is 0 Å². The van der Waals surface area contributed by atoms with Crippen molar-refractivity contribution in [3.63, 3.8) is 0 Å². The summed E-state index contributed by atoms with van der Waals surface area (Å²) in [6.07, 6.45) is 6.46. The molecule has 2 unspecified atom stereocenters. The summed E-state index contributed by atoms with van der Waals surface area (Å²) in [5, 5.41) is 21.2. The second-order valence-electron chi connectivity index (χ2n) is 6.16. The quantitative estimate of drug-likeness (QED) is 0.591. The molecule has 0 aromatic heterocycles. The first-order chi connectivity index (χ1) is 10.1. The van der Waals surface area contributed by atoms with Gasteiger partial charge < -0.3 is 10.2 Å². The Balaban J connectivity index is 1.94. The molecule has 0 fully saturated rings. The number of rotatable bonds is 1. The fourth-order valence-corrected chi connectivity index (χ4v) is 3.71. The van der Waals surface area contributed by atoms with E-state index in [2.05, 4.69) is 12.2 Å². The molecule has 0 radical (unpaired) electrons. The van der Waals surface area contributed by atoms with Gasteiger partial charge in [-0.3, -0.25) is 0 Å². The van der Waals surface area contributed by atoms with E-state index >= 15 is 0 Å². The third-order valence-electron chi connectivity index (χ3n) is 4.83. The van der Waals surface area contributed by atoms with Crippen molar-refractivity contribution in [1.29, 1.82) is 0 Å². The van der Waals surface area contributed by atoms with E-state index in [1.807, 2.05) is 31.2 Å². The average Bonchev–Trinajstić information content (AvgIpc) is 2.52. The minimum absolute atomic E-state index is 0.237. The van der Waals surface area contributed by atoms with Crippen molar-refractivity contribution in [2.75, 3.05) is 0 Å². The molecule has 0 amide bonds. The fraction of sp³-hybridized carbons (Fsp3) is 0.263. The molecule has 106 valence electrons. The summed E-state index contributed by atoms with van der Waals surface area (Å²) < 4.78 is 0. The van der Waals surface area contributed by atoms with Crippen LogP contribution in [0.3, 0.4) is 0 Å². The fourth-order valence-electron chi connectivity index (χ4n) is 3.71. The van der Waals surface area contributed by atoms with Gasteiger partial charge in [-0.05, 0) is 31.4 Å². The minimum Gasteiger partial charge on any atom is -0.508 e. The molecule has 2 heteroatoms. The zero-order chi connectivity index (χ0) is 14.6. The number of hydrogen-bond donors (Lipinski definition) is 2. The molecule has 3 aliphatic carbocycles. The van der Waals surface area contributed by atoms with Crippen LogP contribution in [0.15, 0.2) is 42.5 Å². The lowest BCUT2D eigenvalue weighted by Gasteiger charge is -2.35. The summed E-state index contributed by atoms with van der Waals surface area (Å²) >= 11 is 0. The van der Waals surface area contributed by atoms with Crippen LogP contribution in [-0.4, -0.2) is 10.2 Å². The van der Waals surface area contributed by atoms with Gasteiger partial charge in [0.15, 0.2) is 0 Å². The number of allylic oxidation sites excluding steroid dienone is 2. The monoisotopic (exact) mass is 278 g/mol. The maximum absolute atomic E-state index is 10.8. The van der Waals surface area contributed by atoms with Gasteiger partial charge in [-0.15, -0.1) is 0 Å². The molecular formula is C19H18O2. The van der Waals surface area contributed by atoms with E-state index in [4.69, 9.17) is 0 Å². The molecule has 0 heterocycles.